The van der Waals surface area contributed by atoms with E-state index in [2.05, 4.69) is 41.5 Å². The highest BCUT2D eigenvalue weighted by molar-refractivity contribution is 5.31. The Kier molecular flexibility index (Phi) is 4.74. The van der Waals surface area contributed by atoms with Crippen molar-refractivity contribution in [2.75, 3.05) is 26.7 Å². The second kappa shape index (κ2) is 6.73. The molecule has 1 aromatic rings. The minimum absolute atomic E-state index is 0.642. The summed E-state index contributed by atoms with van der Waals surface area (Å²) in [6, 6.07) is 9.77. The first-order valence-electron chi connectivity index (χ1n) is 8.33. The highest BCUT2D eigenvalue weighted by Crippen LogP contribution is 2.33. The molecule has 0 spiro atoms. The number of fused-ring (bicyclic) bond motifs is 1. The van der Waals surface area contributed by atoms with Crippen LogP contribution in [0.5, 0.6) is 0 Å². The Labute approximate surface area is 123 Å². The summed E-state index contributed by atoms with van der Waals surface area (Å²) >= 11 is 0. The van der Waals surface area contributed by atoms with Gasteiger partial charge in [0.05, 0.1) is 0 Å². The molecule has 1 aromatic carbocycles. The first-order chi connectivity index (χ1) is 9.84. The van der Waals surface area contributed by atoms with Gasteiger partial charge in [-0.2, -0.15) is 0 Å². The molecule has 20 heavy (non-hydrogen) atoms. The Bertz CT molecular complexity index is 423. The van der Waals surface area contributed by atoms with Crippen LogP contribution in [0.15, 0.2) is 24.3 Å². The number of rotatable bonds is 3. The Balaban J connectivity index is 1.71. The van der Waals surface area contributed by atoms with Gasteiger partial charge in [-0.25, -0.2) is 0 Å². The van der Waals surface area contributed by atoms with Crippen LogP contribution in [0.25, 0.3) is 0 Å². The van der Waals surface area contributed by atoms with Crippen LogP contribution in [0.3, 0.4) is 0 Å². The summed E-state index contributed by atoms with van der Waals surface area (Å²) in [5, 5.41) is 3.47. The van der Waals surface area contributed by atoms with Crippen LogP contribution in [0.1, 0.15) is 49.3 Å². The van der Waals surface area contributed by atoms with E-state index in [-0.39, 0.29) is 0 Å². The van der Waals surface area contributed by atoms with Crippen molar-refractivity contribution < 1.29 is 0 Å². The van der Waals surface area contributed by atoms with Crippen molar-refractivity contribution in [3.63, 3.8) is 0 Å². The largest absolute Gasteiger partial charge is 0.317 e. The SMILES string of the molecule is CN(CC1CCNCC1)C1CCCCc2ccccc21. The van der Waals surface area contributed by atoms with Gasteiger partial charge in [-0.1, -0.05) is 30.7 Å². The quantitative estimate of drug-likeness (QED) is 0.849. The Hall–Kier alpha value is -0.860. The molecule has 1 saturated heterocycles. The molecule has 2 nitrogen and oxygen atoms in total. The summed E-state index contributed by atoms with van der Waals surface area (Å²) in [4.78, 5) is 2.64. The maximum Gasteiger partial charge on any atom is 0.0347 e. The molecule has 0 aromatic heterocycles. The highest BCUT2D eigenvalue weighted by atomic mass is 15.1. The second-order valence-electron chi connectivity index (χ2n) is 6.59. The molecular formula is C18H28N2. The number of nitrogens with one attached hydrogen (secondary N) is 1. The molecule has 3 rings (SSSR count). The summed E-state index contributed by atoms with van der Waals surface area (Å²) < 4.78 is 0. The van der Waals surface area contributed by atoms with E-state index in [4.69, 9.17) is 0 Å². The molecule has 1 aliphatic carbocycles. The number of aryl methyl sites for hydroxylation is 1. The minimum Gasteiger partial charge on any atom is -0.317 e. The van der Waals surface area contributed by atoms with Gasteiger partial charge in [-0.15, -0.1) is 0 Å². The standard InChI is InChI=1S/C18H28N2/c1-20(14-15-10-12-19-13-11-15)18-9-5-3-7-16-6-2-4-8-17(16)18/h2,4,6,8,15,18-19H,3,5,7,9-14H2,1H3. The minimum atomic E-state index is 0.642. The fourth-order valence-electron chi connectivity index (χ4n) is 3.95. The molecule has 2 heteroatoms. The van der Waals surface area contributed by atoms with Crippen LogP contribution in [-0.2, 0) is 6.42 Å². The third-order valence-electron chi connectivity index (χ3n) is 5.12. The van der Waals surface area contributed by atoms with Crippen LogP contribution in [0, 0.1) is 5.92 Å². The number of benzene rings is 1. The van der Waals surface area contributed by atoms with Crippen molar-refractivity contribution in [3.8, 4) is 0 Å². The Morgan fingerprint density at radius 1 is 1.10 bits per heavy atom. The van der Waals surface area contributed by atoms with Crippen molar-refractivity contribution in [1.82, 2.24) is 10.2 Å². The van der Waals surface area contributed by atoms with Gasteiger partial charge >= 0.3 is 0 Å². The van der Waals surface area contributed by atoms with E-state index in [1.165, 1.54) is 58.2 Å². The zero-order valence-electron chi connectivity index (χ0n) is 12.8. The lowest BCUT2D eigenvalue weighted by molar-refractivity contribution is 0.178. The molecule has 1 aliphatic heterocycles. The zero-order valence-corrected chi connectivity index (χ0v) is 12.8. The van der Waals surface area contributed by atoms with Crippen molar-refractivity contribution >= 4 is 0 Å². The van der Waals surface area contributed by atoms with Gasteiger partial charge < -0.3 is 5.32 Å². The van der Waals surface area contributed by atoms with Gasteiger partial charge in [-0.3, -0.25) is 4.90 Å². The van der Waals surface area contributed by atoms with E-state index < -0.39 is 0 Å². The van der Waals surface area contributed by atoms with Gasteiger partial charge in [0.15, 0.2) is 0 Å². The van der Waals surface area contributed by atoms with E-state index in [1.54, 1.807) is 11.1 Å². The van der Waals surface area contributed by atoms with E-state index in [0.717, 1.165) is 5.92 Å². The second-order valence-corrected chi connectivity index (χ2v) is 6.59. The number of piperidine rings is 1. The summed E-state index contributed by atoms with van der Waals surface area (Å²) in [6.07, 6.45) is 8.02. The summed E-state index contributed by atoms with van der Waals surface area (Å²) in [6.45, 7) is 3.68. The lowest BCUT2D eigenvalue weighted by atomic mass is 9.94. The molecule has 0 amide bonds. The van der Waals surface area contributed by atoms with E-state index in [0.29, 0.717) is 6.04 Å². The molecule has 1 heterocycles. The highest BCUT2D eigenvalue weighted by Gasteiger charge is 2.24. The van der Waals surface area contributed by atoms with Gasteiger partial charge in [-0.05, 0) is 69.3 Å². The number of hydrogen-bond acceptors (Lipinski definition) is 2. The molecule has 1 unspecified atom stereocenters. The van der Waals surface area contributed by atoms with E-state index >= 15 is 0 Å². The molecule has 110 valence electrons. The van der Waals surface area contributed by atoms with Gasteiger partial charge in [0, 0.05) is 12.6 Å². The fourth-order valence-corrected chi connectivity index (χ4v) is 3.95. The van der Waals surface area contributed by atoms with Crippen molar-refractivity contribution in [2.24, 2.45) is 5.92 Å². The third-order valence-corrected chi connectivity index (χ3v) is 5.12. The summed E-state index contributed by atoms with van der Waals surface area (Å²) in [5.41, 5.74) is 3.19. The average molecular weight is 272 g/mol. The lowest BCUT2D eigenvalue weighted by Gasteiger charge is -2.33. The van der Waals surface area contributed by atoms with Crippen LogP contribution >= 0.6 is 0 Å². The first kappa shape index (κ1) is 14.1. The van der Waals surface area contributed by atoms with Gasteiger partial charge in [0.2, 0.25) is 0 Å². The average Bonchev–Trinajstić information content (AvgIpc) is 2.70. The molecule has 1 N–H and O–H groups in total. The molecule has 1 atom stereocenters. The van der Waals surface area contributed by atoms with Crippen molar-refractivity contribution in [1.29, 1.82) is 0 Å². The maximum atomic E-state index is 3.47. The van der Waals surface area contributed by atoms with Gasteiger partial charge in [0.25, 0.3) is 0 Å². The number of hydrogen-bond donors (Lipinski definition) is 1. The third kappa shape index (κ3) is 3.24. The molecule has 0 saturated carbocycles. The van der Waals surface area contributed by atoms with Crippen molar-refractivity contribution in [2.45, 2.75) is 44.6 Å². The molecule has 2 aliphatic rings. The van der Waals surface area contributed by atoms with Crippen LogP contribution in [0.2, 0.25) is 0 Å². The van der Waals surface area contributed by atoms with Gasteiger partial charge in [0.1, 0.15) is 0 Å². The molecule has 0 radical (unpaired) electrons. The zero-order chi connectivity index (χ0) is 13.8. The van der Waals surface area contributed by atoms with Crippen molar-refractivity contribution in [3.05, 3.63) is 35.4 Å². The Morgan fingerprint density at radius 3 is 2.75 bits per heavy atom. The summed E-state index contributed by atoms with van der Waals surface area (Å²) in [7, 11) is 2.34. The Morgan fingerprint density at radius 2 is 1.90 bits per heavy atom. The van der Waals surface area contributed by atoms with Crippen LogP contribution in [-0.4, -0.2) is 31.6 Å². The fraction of sp³-hybridized carbons (Fsp3) is 0.667. The maximum absolute atomic E-state index is 3.47. The molecular weight excluding hydrogens is 244 g/mol. The predicted molar refractivity (Wildman–Crippen MR) is 85.0 cm³/mol. The van der Waals surface area contributed by atoms with Crippen LogP contribution < -0.4 is 5.32 Å². The molecule has 0 bridgehead atoms. The monoisotopic (exact) mass is 272 g/mol. The lowest BCUT2D eigenvalue weighted by Crippen LogP contribution is -2.36. The summed E-state index contributed by atoms with van der Waals surface area (Å²) in [5.74, 6) is 0.886. The normalized spacial score (nSPS) is 24.4. The topological polar surface area (TPSA) is 15.3 Å². The first-order valence-corrected chi connectivity index (χ1v) is 8.33. The number of nitrogens with zero attached hydrogens (tertiary/aromatic N) is 1. The van der Waals surface area contributed by atoms with Crippen LogP contribution in [0.4, 0.5) is 0 Å². The smallest absolute Gasteiger partial charge is 0.0347 e. The molecule has 1 fully saturated rings. The predicted octanol–water partition coefficient (Wildman–Crippen LogP) is 3.39. The van der Waals surface area contributed by atoms with E-state index in [9.17, 15) is 0 Å². The van der Waals surface area contributed by atoms with E-state index in [1.807, 2.05) is 0 Å².